The molecular formula is C11H18N4O2S. The predicted octanol–water partition coefficient (Wildman–Crippen LogP) is 1.40. The highest BCUT2D eigenvalue weighted by Crippen LogP contribution is 2.23. The van der Waals surface area contributed by atoms with Crippen molar-refractivity contribution >= 4 is 24.1 Å². The first-order chi connectivity index (χ1) is 8.27. The van der Waals surface area contributed by atoms with Crippen molar-refractivity contribution in [1.29, 1.82) is 0 Å². The molecule has 0 spiro atoms. The van der Waals surface area contributed by atoms with E-state index in [1.54, 1.807) is 14.1 Å². The molecule has 1 aromatic heterocycles. The maximum atomic E-state index is 12.0. The summed E-state index contributed by atoms with van der Waals surface area (Å²) in [6, 6.07) is -0.272. The van der Waals surface area contributed by atoms with Crippen molar-refractivity contribution in [3.05, 3.63) is 5.82 Å². The minimum absolute atomic E-state index is 0.242. The lowest BCUT2D eigenvalue weighted by Crippen LogP contribution is -2.29. The summed E-state index contributed by atoms with van der Waals surface area (Å²) in [4.78, 5) is 28.1. The quantitative estimate of drug-likeness (QED) is 0.613. The van der Waals surface area contributed by atoms with Crippen LogP contribution in [0.1, 0.15) is 26.6 Å². The van der Waals surface area contributed by atoms with Crippen LogP contribution < -0.4 is 0 Å². The summed E-state index contributed by atoms with van der Waals surface area (Å²) >= 11 is 1.20. The Balaban J connectivity index is 3.16. The summed E-state index contributed by atoms with van der Waals surface area (Å²) in [6.07, 6.45) is 0.778. The summed E-state index contributed by atoms with van der Waals surface area (Å²) in [6.45, 7) is 5.92. The van der Waals surface area contributed by atoms with E-state index in [9.17, 15) is 9.59 Å². The molecule has 0 aliphatic rings. The minimum Gasteiger partial charge on any atom is -0.329 e. The van der Waals surface area contributed by atoms with Gasteiger partial charge in [-0.25, -0.2) is 9.78 Å². The maximum Gasteiger partial charge on any atom is 0.346 e. The number of amides is 1. The van der Waals surface area contributed by atoms with E-state index in [0.717, 1.165) is 6.29 Å². The van der Waals surface area contributed by atoms with Crippen LogP contribution in [0.15, 0.2) is 5.16 Å². The highest BCUT2D eigenvalue weighted by atomic mass is 32.2. The molecule has 0 aliphatic heterocycles. The van der Waals surface area contributed by atoms with Gasteiger partial charge in [0.15, 0.2) is 11.0 Å². The number of nitrogens with zero attached hydrogens (tertiary/aromatic N) is 4. The smallest absolute Gasteiger partial charge is 0.329 e. The molecular weight excluding hydrogens is 252 g/mol. The molecule has 1 heterocycles. The van der Waals surface area contributed by atoms with Gasteiger partial charge in [0.05, 0.1) is 5.75 Å². The second-order valence-electron chi connectivity index (χ2n) is 5.03. The van der Waals surface area contributed by atoms with Crippen molar-refractivity contribution in [3.63, 3.8) is 0 Å². The summed E-state index contributed by atoms with van der Waals surface area (Å²) < 4.78 is 1.24. The fraction of sp³-hybridized carbons (Fsp3) is 0.636. The van der Waals surface area contributed by atoms with Crippen molar-refractivity contribution in [2.24, 2.45) is 0 Å². The summed E-state index contributed by atoms with van der Waals surface area (Å²) in [5.74, 6) is 0.842. The molecule has 1 aromatic rings. The van der Waals surface area contributed by atoms with Crippen LogP contribution in [0, 0.1) is 0 Å². The number of aromatic nitrogens is 3. The number of hydrogen-bond donors (Lipinski definition) is 0. The summed E-state index contributed by atoms with van der Waals surface area (Å²) in [5, 5.41) is 4.68. The minimum atomic E-state index is -0.272. The number of hydrogen-bond acceptors (Lipinski definition) is 5. The van der Waals surface area contributed by atoms with Crippen LogP contribution in [0.2, 0.25) is 0 Å². The van der Waals surface area contributed by atoms with Crippen LogP contribution in [-0.2, 0) is 10.2 Å². The van der Waals surface area contributed by atoms with Gasteiger partial charge in [-0.3, -0.25) is 0 Å². The Morgan fingerprint density at radius 1 is 1.44 bits per heavy atom. The normalized spacial score (nSPS) is 11.4. The van der Waals surface area contributed by atoms with Crippen molar-refractivity contribution < 1.29 is 9.59 Å². The molecule has 0 fully saturated rings. The average molecular weight is 270 g/mol. The van der Waals surface area contributed by atoms with Crippen LogP contribution in [0.4, 0.5) is 4.79 Å². The van der Waals surface area contributed by atoms with Crippen LogP contribution >= 0.6 is 11.8 Å². The van der Waals surface area contributed by atoms with Crippen molar-refractivity contribution in [1.82, 2.24) is 19.7 Å². The van der Waals surface area contributed by atoms with Gasteiger partial charge in [0.2, 0.25) is 0 Å². The van der Waals surface area contributed by atoms with Gasteiger partial charge in [-0.2, -0.15) is 4.68 Å². The monoisotopic (exact) mass is 270 g/mol. The van der Waals surface area contributed by atoms with E-state index >= 15 is 0 Å². The number of thioether (sulfide) groups is 1. The third kappa shape index (κ3) is 3.32. The van der Waals surface area contributed by atoms with Crippen molar-refractivity contribution in [2.45, 2.75) is 31.3 Å². The largest absolute Gasteiger partial charge is 0.346 e. The van der Waals surface area contributed by atoms with Gasteiger partial charge in [0.25, 0.3) is 0 Å². The van der Waals surface area contributed by atoms with Gasteiger partial charge < -0.3 is 9.69 Å². The zero-order valence-electron chi connectivity index (χ0n) is 11.3. The van der Waals surface area contributed by atoms with E-state index in [-0.39, 0.29) is 17.2 Å². The lowest BCUT2D eigenvalue weighted by Gasteiger charge is -2.13. The molecule has 100 valence electrons. The van der Waals surface area contributed by atoms with Crippen LogP contribution in [0.5, 0.6) is 0 Å². The molecule has 7 heteroatoms. The fourth-order valence-corrected chi connectivity index (χ4v) is 1.74. The third-order valence-corrected chi connectivity index (χ3v) is 2.92. The Morgan fingerprint density at radius 2 is 2.06 bits per heavy atom. The van der Waals surface area contributed by atoms with E-state index in [0.29, 0.717) is 11.0 Å². The zero-order chi connectivity index (χ0) is 13.9. The molecule has 1 rings (SSSR count). The Bertz CT molecular complexity index is 448. The van der Waals surface area contributed by atoms with E-state index in [1.165, 1.54) is 21.3 Å². The molecule has 0 saturated carbocycles. The SMILES string of the molecule is CN(C)C(=O)n1nc(C(C)(C)C)nc1SCC=O. The molecule has 0 saturated heterocycles. The highest BCUT2D eigenvalue weighted by molar-refractivity contribution is 7.99. The second kappa shape index (κ2) is 5.51. The molecule has 0 aliphatic carbocycles. The van der Waals surface area contributed by atoms with E-state index in [4.69, 9.17) is 0 Å². The van der Waals surface area contributed by atoms with Gasteiger partial charge in [-0.05, 0) is 0 Å². The standard InChI is InChI=1S/C11H18N4O2S/c1-11(2,3)8-12-9(18-7-6-16)15(13-8)10(17)14(4)5/h6H,7H2,1-5H3. The molecule has 0 radical (unpaired) electrons. The molecule has 0 unspecified atom stereocenters. The highest BCUT2D eigenvalue weighted by Gasteiger charge is 2.25. The first-order valence-corrected chi connectivity index (χ1v) is 6.51. The van der Waals surface area contributed by atoms with Gasteiger partial charge in [-0.1, -0.05) is 32.5 Å². The van der Waals surface area contributed by atoms with Crippen LogP contribution in [-0.4, -0.2) is 51.8 Å². The van der Waals surface area contributed by atoms with Gasteiger partial charge in [-0.15, -0.1) is 5.10 Å². The van der Waals surface area contributed by atoms with Gasteiger partial charge >= 0.3 is 6.03 Å². The Labute approximate surface area is 111 Å². The predicted molar refractivity (Wildman–Crippen MR) is 70.0 cm³/mol. The first kappa shape index (κ1) is 14.7. The van der Waals surface area contributed by atoms with Gasteiger partial charge in [0.1, 0.15) is 6.29 Å². The maximum absolute atomic E-state index is 12.0. The first-order valence-electron chi connectivity index (χ1n) is 5.53. The molecule has 18 heavy (non-hydrogen) atoms. The Hall–Kier alpha value is -1.37. The lowest BCUT2D eigenvalue weighted by atomic mass is 9.96. The van der Waals surface area contributed by atoms with Crippen molar-refractivity contribution in [3.8, 4) is 0 Å². The van der Waals surface area contributed by atoms with Crippen LogP contribution in [0.3, 0.4) is 0 Å². The molecule has 6 nitrogen and oxygen atoms in total. The third-order valence-electron chi connectivity index (χ3n) is 2.09. The number of rotatable bonds is 3. The molecule has 0 atom stereocenters. The van der Waals surface area contributed by atoms with Gasteiger partial charge in [0, 0.05) is 19.5 Å². The zero-order valence-corrected chi connectivity index (χ0v) is 12.1. The lowest BCUT2D eigenvalue weighted by molar-refractivity contribution is -0.105. The topological polar surface area (TPSA) is 68.1 Å². The number of carbonyl (C=O) groups is 2. The van der Waals surface area contributed by atoms with Crippen molar-refractivity contribution in [2.75, 3.05) is 19.8 Å². The number of aldehydes is 1. The summed E-state index contributed by atoms with van der Waals surface area (Å²) in [5.41, 5.74) is -0.242. The van der Waals surface area contributed by atoms with E-state index < -0.39 is 0 Å². The van der Waals surface area contributed by atoms with E-state index in [2.05, 4.69) is 10.1 Å². The fourth-order valence-electron chi connectivity index (χ4n) is 1.13. The van der Waals surface area contributed by atoms with E-state index in [1.807, 2.05) is 20.8 Å². The summed E-state index contributed by atoms with van der Waals surface area (Å²) in [7, 11) is 3.30. The van der Waals surface area contributed by atoms with Crippen LogP contribution in [0.25, 0.3) is 0 Å². The average Bonchev–Trinajstić information content (AvgIpc) is 2.68. The molecule has 1 amide bonds. The molecule has 0 bridgehead atoms. The second-order valence-corrected chi connectivity index (χ2v) is 6.02. The molecule has 0 aromatic carbocycles. The molecule has 0 N–H and O–H groups in total. The Kier molecular flexibility index (Phi) is 4.50. The number of carbonyl (C=O) groups excluding carboxylic acids is 2. The Morgan fingerprint density at radius 3 is 2.50 bits per heavy atom.